The normalized spacial score (nSPS) is 10.6. The Labute approximate surface area is 396 Å². The highest BCUT2D eigenvalue weighted by atomic mass is 16.6. The second-order valence-corrected chi connectivity index (χ2v) is 14.6. The molecular formula is C52H58O16. The highest BCUT2D eigenvalue weighted by Gasteiger charge is 2.18. The van der Waals surface area contributed by atoms with Gasteiger partial charge in [-0.1, -0.05) is 62.7 Å². The Bertz CT molecular complexity index is 2180. The lowest BCUT2D eigenvalue weighted by atomic mass is 9.96. The van der Waals surface area contributed by atoms with E-state index in [0.29, 0.717) is 34.1 Å². The fourth-order valence-electron chi connectivity index (χ4n) is 6.08. The second kappa shape index (κ2) is 28.7. The summed E-state index contributed by atoms with van der Waals surface area (Å²) >= 11 is 0. The van der Waals surface area contributed by atoms with Gasteiger partial charge in [-0.25, -0.2) is 19.2 Å². The molecule has 0 aliphatic rings. The lowest BCUT2D eigenvalue weighted by Crippen LogP contribution is -2.16. The van der Waals surface area contributed by atoms with Crippen LogP contribution in [0.3, 0.4) is 0 Å². The average molecular weight is 939 g/mol. The molecule has 362 valence electrons. The minimum atomic E-state index is -0.607. The molecule has 0 saturated carbocycles. The molecule has 4 rings (SSSR count). The predicted octanol–water partition coefficient (Wildman–Crippen LogP) is 7.19. The van der Waals surface area contributed by atoms with E-state index in [4.69, 9.17) is 56.8 Å². The summed E-state index contributed by atoms with van der Waals surface area (Å²) in [7, 11) is 5.84. The number of rotatable bonds is 31. The van der Waals surface area contributed by atoms with Crippen LogP contribution in [0, 0.1) is 0 Å². The van der Waals surface area contributed by atoms with Crippen LogP contribution in [0.15, 0.2) is 134 Å². The van der Waals surface area contributed by atoms with Crippen molar-refractivity contribution in [1.82, 2.24) is 0 Å². The first kappa shape index (κ1) is 53.4. The molecule has 0 aromatic heterocycles. The van der Waals surface area contributed by atoms with Crippen molar-refractivity contribution in [3.05, 3.63) is 134 Å². The molecule has 68 heavy (non-hydrogen) atoms. The van der Waals surface area contributed by atoms with Gasteiger partial charge in [-0.2, -0.15) is 0 Å². The van der Waals surface area contributed by atoms with Crippen molar-refractivity contribution < 1.29 is 76.0 Å². The smallest absolute Gasteiger partial charge is 0.335 e. The van der Waals surface area contributed by atoms with Crippen LogP contribution < -0.4 is 18.9 Å². The van der Waals surface area contributed by atoms with Crippen LogP contribution in [0.5, 0.6) is 23.0 Å². The van der Waals surface area contributed by atoms with Gasteiger partial charge in [-0.15, -0.1) is 0 Å². The standard InChI is InChI=1S/C52H58O16/c1-35(31-57-5)49(53)65-25-21-61-43-15-9-39(10-16-43)41-13-19-45(47(29-41)63-23-27-67-51(55)37(3)33-59-7)46-20-14-42(30-48(46)64-24-28-68-52(56)38(4)34-60-8)40-11-17-44(18-12-40)62-22-26-66-50(54)36(2)32-58-6/h9-20,29-30H,1-4,21-28,31-34H2,5-8H3. The van der Waals surface area contributed by atoms with Gasteiger partial charge in [0.05, 0.1) is 48.7 Å². The van der Waals surface area contributed by atoms with Crippen LogP contribution in [0.4, 0.5) is 0 Å². The van der Waals surface area contributed by atoms with Crippen molar-refractivity contribution in [2.24, 2.45) is 0 Å². The first-order valence-electron chi connectivity index (χ1n) is 21.2. The van der Waals surface area contributed by atoms with E-state index in [9.17, 15) is 19.2 Å². The molecule has 0 radical (unpaired) electrons. The van der Waals surface area contributed by atoms with Crippen LogP contribution >= 0.6 is 0 Å². The van der Waals surface area contributed by atoms with E-state index in [1.807, 2.05) is 60.7 Å². The third-order valence-electron chi connectivity index (χ3n) is 9.38. The van der Waals surface area contributed by atoms with Crippen molar-refractivity contribution in [2.75, 3.05) is 108 Å². The summed E-state index contributed by atoms with van der Waals surface area (Å²) in [6.45, 7) is 15.0. The van der Waals surface area contributed by atoms with Crippen LogP contribution in [0.1, 0.15) is 0 Å². The summed E-state index contributed by atoms with van der Waals surface area (Å²) in [6, 6.07) is 26.0. The Hall–Kier alpha value is -7.24. The SMILES string of the molecule is C=C(COC)C(=O)OCCOc1ccc(-c2ccc(-c3ccc(-c4ccc(OCCOC(=O)C(=C)COC)cc4)cc3OCCOC(=O)C(=C)COC)c(OCCOC(=O)C(=C)COC)c2)cc1. The number of ether oxygens (including phenoxy) is 12. The van der Waals surface area contributed by atoms with E-state index >= 15 is 0 Å². The van der Waals surface area contributed by atoms with Crippen LogP contribution in [0.2, 0.25) is 0 Å². The van der Waals surface area contributed by atoms with Gasteiger partial charge < -0.3 is 56.8 Å². The first-order valence-corrected chi connectivity index (χ1v) is 21.2. The second-order valence-electron chi connectivity index (χ2n) is 14.6. The average Bonchev–Trinajstić information content (AvgIpc) is 3.34. The Morgan fingerprint density at radius 1 is 0.353 bits per heavy atom. The Morgan fingerprint density at radius 3 is 0.897 bits per heavy atom. The summed E-state index contributed by atoms with van der Waals surface area (Å²) in [5.74, 6) is -0.308. The summed E-state index contributed by atoms with van der Waals surface area (Å²) in [6.07, 6.45) is 0. The summed E-state index contributed by atoms with van der Waals surface area (Å²) in [4.78, 5) is 48.9. The van der Waals surface area contributed by atoms with Crippen molar-refractivity contribution in [3.8, 4) is 56.4 Å². The molecule has 0 fully saturated rings. The van der Waals surface area contributed by atoms with E-state index in [2.05, 4.69) is 26.3 Å². The molecule has 0 spiro atoms. The first-order chi connectivity index (χ1) is 32.9. The Balaban J connectivity index is 1.60. The van der Waals surface area contributed by atoms with Gasteiger partial charge in [0.25, 0.3) is 0 Å². The maximum absolute atomic E-state index is 12.4. The van der Waals surface area contributed by atoms with Gasteiger partial charge in [-0.05, 0) is 70.8 Å². The number of methoxy groups -OCH3 is 4. The van der Waals surface area contributed by atoms with Gasteiger partial charge >= 0.3 is 23.9 Å². The molecule has 0 N–H and O–H groups in total. The van der Waals surface area contributed by atoms with Gasteiger partial charge in [0.1, 0.15) is 75.9 Å². The number of hydrogen-bond acceptors (Lipinski definition) is 16. The van der Waals surface area contributed by atoms with Gasteiger partial charge in [-0.3, -0.25) is 0 Å². The van der Waals surface area contributed by atoms with Crippen molar-refractivity contribution >= 4 is 23.9 Å². The molecule has 16 nitrogen and oxygen atoms in total. The zero-order valence-corrected chi connectivity index (χ0v) is 38.9. The molecule has 0 atom stereocenters. The summed E-state index contributed by atoms with van der Waals surface area (Å²) in [5, 5.41) is 0. The molecule has 16 heteroatoms. The van der Waals surface area contributed by atoms with Crippen LogP contribution in [0.25, 0.3) is 33.4 Å². The Morgan fingerprint density at radius 2 is 0.618 bits per heavy atom. The molecular weight excluding hydrogens is 881 g/mol. The number of carbonyl (C=O) groups excluding carboxylic acids is 4. The molecule has 0 aliphatic heterocycles. The zero-order valence-electron chi connectivity index (χ0n) is 38.9. The number of hydrogen-bond donors (Lipinski definition) is 0. The lowest BCUT2D eigenvalue weighted by molar-refractivity contribution is -0.141. The van der Waals surface area contributed by atoms with Gasteiger partial charge in [0.15, 0.2) is 0 Å². The number of esters is 4. The quantitative estimate of drug-likeness (QED) is 0.0214. The monoisotopic (exact) mass is 938 g/mol. The minimum absolute atomic E-state index is 0.00578. The van der Waals surface area contributed by atoms with E-state index in [1.54, 1.807) is 24.3 Å². The Kier molecular flexibility index (Phi) is 22.5. The van der Waals surface area contributed by atoms with Crippen molar-refractivity contribution in [3.63, 3.8) is 0 Å². The molecule has 4 aromatic carbocycles. The third-order valence-corrected chi connectivity index (χ3v) is 9.38. The minimum Gasteiger partial charge on any atom is -0.490 e. The van der Waals surface area contributed by atoms with Crippen LogP contribution in [-0.4, -0.2) is 132 Å². The third kappa shape index (κ3) is 17.2. The van der Waals surface area contributed by atoms with Crippen molar-refractivity contribution in [2.45, 2.75) is 0 Å². The molecule has 0 saturated heterocycles. The van der Waals surface area contributed by atoms with E-state index in [1.165, 1.54) is 28.4 Å². The summed E-state index contributed by atoms with van der Waals surface area (Å²) in [5.41, 5.74) is 5.31. The topological polar surface area (TPSA) is 179 Å². The number of carbonyl (C=O) groups is 4. The molecule has 0 unspecified atom stereocenters. The molecule has 0 amide bonds. The van der Waals surface area contributed by atoms with E-state index in [-0.39, 0.29) is 102 Å². The molecule has 0 bridgehead atoms. The predicted molar refractivity (Wildman–Crippen MR) is 253 cm³/mol. The fourth-order valence-corrected chi connectivity index (χ4v) is 6.08. The van der Waals surface area contributed by atoms with Gasteiger partial charge in [0, 0.05) is 39.6 Å². The largest absolute Gasteiger partial charge is 0.490 e. The van der Waals surface area contributed by atoms with E-state index in [0.717, 1.165) is 22.3 Å². The number of benzene rings is 4. The van der Waals surface area contributed by atoms with E-state index < -0.39 is 23.9 Å². The highest BCUT2D eigenvalue weighted by Crippen LogP contribution is 2.41. The maximum Gasteiger partial charge on any atom is 0.335 e. The maximum atomic E-state index is 12.4. The fraction of sp³-hybridized carbons (Fsp3) is 0.308. The van der Waals surface area contributed by atoms with Gasteiger partial charge in [0.2, 0.25) is 0 Å². The lowest BCUT2D eigenvalue weighted by Gasteiger charge is -2.18. The molecule has 4 aromatic rings. The molecule has 0 heterocycles. The van der Waals surface area contributed by atoms with Crippen LogP contribution in [-0.2, 0) is 57.1 Å². The van der Waals surface area contributed by atoms with Crippen molar-refractivity contribution in [1.29, 1.82) is 0 Å². The zero-order chi connectivity index (χ0) is 49.3. The molecule has 0 aliphatic carbocycles. The highest BCUT2D eigenvalue weighted by molar-refractivity contribution is 5.89. The summed E-state index contributed by atoms with van der Waals surface area (Å²) < 4.78 is 65.2.